The zero-order valence-electron chi connectivity index (χ0n) is 14.0. The van der Waals surface area contributed by atoms with Crippen LogP contribution in [0.1, 0.15) is 61.3 Å². The van der Waals surface area contributed by atoms with Crippen LogP contribution >= 0.6 is 0 Å². The van der Waals surface area contributed by atoms with Gasteiger partial charge in [-0.1, -0.05) is 48.5 Å². The molecule has 1 N–H and O–H groups in total. The molecule has 4 heteroatoms. The Bertz CT molecular complexity index is 378. The second-order valence-electron chi connectivity index (χ2n) is 7.40. The van der Waals surface area contributed by atoms with Crippen molar-refractivity contribution in [2.24, 2.45) is 11.3 Å². The van der Waals surface area contributed by atoms with Crippen molar-refractivity contribution in [2.45, 2.75) is 72.9 Å². The molecule has 0 bridgehead atoms. The van der Waals surface area contributed by atoms with E-state index in [9.17, 15) is 9.59 Å². The van der Waals surface area contributed by atoms with E-state index in [1.165, 1.54) is 0 Å². The molecule has 1 rings (SSSR count). The predicted octanol–water partition coefficient (Wildman–Crippen LogP) is 2.57. The average molecular weight is 282 g/mol. The van der Waals surface area contributed by atoms with Gasteiger partial charge in [0.05, 0.1) is 0 Å². The lowest BCUT2D eigenvalue weighted by molar-refractivity contribution is -0.160. The molecule has 1 fully saturated rings. The lowest BCUT2D eigenvalue weighted by Crippen LogP contribution is -2.72. The average Bonchev–Trinajstić information content (AvgIpc) is 2.31. The summed E-state index contributed by atoms with van der Waals surface area (Å²) in [4.78, 5) is 27.4. The summed E-state index contributed by atoms with van der Waals surface area (Å²) in [6, 6.07) is -0.386. The van der Waals surface area contributed by atoms with Gasteiger partial charge in [-0.15, -0.1) is 0 Å². The Morgan fingerprint density at radius 2 is 1.70 bits per heavy atom. The fraction of sp³-hybridized carbons (Fsp3) is 0.875. The molecule has 0 aromatic rings. The van der Waals surface area contributed by atoms with E-state index in [2.05, 4.69) is 19.2 Å². The van der Waals surface area contributed by atoms with Crippen LogP contribution in [0.5, 0.6) is 0 Å². The van der Waals surface area contributed by atoms with Crippen LogP contribution in [-0.4, -0.2) is 34.8 Å². The second kappa shape index (κ2) is 5.74. The Balaban J connectivity index is 3.24. The van der Waals surface area contributed by atoms with E-state index in [4.69, 9.17) is 0 Å². The molecular weight excluding hydrogens is 252 g/mol. The number of nitrogens with zero attached hydrogens (tertiary/aromatic N) is 1. The van der Waals surface area contributed by atoms with E-state index in [0.717, 1.165) is 0 Å². The molecule has 1 atom stereocenters. The maximum atomic E-state index is 13.0. The minimum atomic E-state index is -0.715. The van der Waals surface area contributed by atoms with Crippen LogP contribution in [0.3, 0.4) is 0 Å². The summed E-state index contributed by atoms with van der Waals surface area (Å²) in [6.45, 7) is 14.8. The van der Waals surface area contributed by atoms with E-state index in [-0.39, 0.29) is 23.3 Å². The first-order chi connectivity index (χ1) is 9.09. The number of hydrogen-bond acceptors (Lipinski definition) is 2. The third kappa shape index (κ3) is 2.99. The highest BCUT2D eigenvalue weighted by molar-refractivity contribution is 6.00. The van der Waals surface area contributed by atoms with Crippen LogP contribution < -0.4 is 5.32 Å². The van der Waals surface area contributed by atoms with Crippen LogP contribution in [0.15, 0.2) is 0 Å². The van der Waals surface area contributed by atoms with Crippen molar-refractivity contribution in [3.05, 3.63) is 0 Å². The molecule has 1 aliphatic rings. The quantitative estimate of drug-likeness (QED) is 0.861. The molecule has 20 heavy (non-hydrogen) atoms. The topological polar surface area (TPSA) is 49.4 Å². The SMILES string of the molecule is CCC1(CC)NC(=O)C(C(C)(C)C)N(CC(C)C)C1=O. The zero-order valence-corrected chi connectivity index (χ0v) is 14.0. The minimum Gasteiger partial charge on any atom is -0.340 e. The van der Waals surface area contributed by atoms with Gasteiger partial charge in [-0.05, 0) is 24.2 Å². The molecule has 1 unspecified atom stereocenters. The second-order valence-corrected chi connectivity index (χ2v) is 7.40. The number of carbonyl (C=O) groups excluding carboxylic acids is 2. The fourth-order valence-electron chi connectivity index (χ4n) is 3.06. The maximum absolute atomic E-state index is 13.0. The summed E-state index contributed by atoms with van der Waals surface area (Å²) < 4.78 is 0. The number of piperazine rings is 1. The highest BCUT2D eigenvalue weighted by Crippen LogP contribution is 2.33. The van der Waals surface area contributed by atoms with Crippen LogP contribution in [-0.2, 0) is 9.59 Å². The van der Waals surface area contributed by atoms with Crippen molar-refractivity contribution >= 4 is 11.8 Å². The van der Waals surface area contributed by atoms with Crippen LogP contribution in [0.2, 0.25) is 0 Å². The van der Waals surface area contributed by atoms with Gasteiger partial charge in [-0.3, -0.25) is 9.59 Å². The summed E-state index contributed by atoms with van der Waals surface area (Å²) in [6.07, 6.45) is 1.28. The molecule has 0 saturated carbocycles. The van der Waals surface area contributed by atoms with Crippen molar-refractivity contribution in [1.29, 1.82) is 0 Å². The van der Waals surface area contributed by atoms with Gasteiger partial charge in [0.1, 0.15) is 11.6 Å². The standard InChI is InChI=1S/C16H30N2O2/c1-8-16(9-2)14(20)18(10-11(3)4)12(13(19)17-16)15(5,6)7/h11-12H,8-10H2,1-7H3,(H,17,19). The summed E-state index contributed by atoms with van der Waals surface area (Å²) >= 11 is 0. The number of carbonyl (C=O) groups is 2. The molecule has 0 aromatic heterocycles. The van der Waals surface area contributed by atoms with E-state index in [1.54, 1.807) is 0 Å². The van der Waals surface area contributed by atoms with Crippen molar-refractivity contribution in [3.63, 3.8) is 0 Å². The van der Waals surface area contributed by atoms with Crippen molar-refractivity contribution < 1.29 is 9.59 Å². The van der Waals surface area contributed by atoms with Gasteiger partial charge in [0.2, 0.25) is 11.8 Å². The molecule has 2 amide bonds. The van der Waals surface area contributed by atoms with Crippen molar-refractivity contribution in [1.82, 2.24) is 10.2 Å². The summed E-state index contributed by atoms with van der Waals surface area (Å²) in [5.41, 5.74) is -0.976. The number of amides is 2. The van der Waals surface area contributed by atoms with Crippen molar-refractivity contribution in [2.75, 3.05) is 6.54 Å². The van der Waals surface area contributed by atoms with E-state index in [0.29, 0.717) is 25.3 Å². The molecule has 1 aliphatic heterocycles. The van der Waals surface area contributed by atoms with Gasteiger partial charge < -0.3 is 10.2 Å². The first-order valence-electron chi connectivity index (χ1n) is 7.72. The monoisotopic (exact) mass is 282 g/mol. The van der Waals surface area contributed by atoms with E-state index >= 15 is 0 Å². The molecule has 0 radical (unpaired) electrons. The zero-order chi connectivity index (χ0) is 15.7. The van der Waals surface area contributed by atoms with Gasteiger partial charge in [-0.2, -0.15) is 0 Å². The Hall–Kier alpha value is -1.06. The molecule has 4 nitrogen and oxygen atoms in total. The molecule has 116 valence electrons. The number of rotatable bonds is 4. The molecular formula is C16H30N2O2. The lowest BCUT2D eigenvalue weighted by atomic mass is 9.78. The third-order valence-corrected chi connectivity index (χ3v) is 4.18. The minimum absolute atomic E-state index is 0.0125. The van der Waals surface area contributed by atoms with Gasteiger partial charge >= 0.3 is 0 Å². The molecule has 0 aliphatic carbocycles. The lowest BCUT2D eigenvalue weighted by Gasteiger charge is -2.50. The Morgan fingerprint density at radius 1 is 1.20 bits per heavy atom. The van der Waals surface area contributed by atoms with Gasteiger partial charge in [0.25, 0.3) is 0 Å². The number of hydrogen-bond donors (Lipinski definition) is 1. The summed E-state index contributed by atoms with van der Waals surface area (Å²) in [7, 11) is 0. The van der Waals surface area contributed by atoms with Crippen LogP contribution in [0.4, 0.5) is 0 Å². The first-order valence-corrected chi connectivity index (χ1v) is 7.72. The Kier molecular flexibility index (Phi) is 4.88. The van der Waals surface area contributed by atoms with Gasteiger partial charge in [0.15, 0.2) is 0 Å². The highest BCUT2D eigenvalue weighted by atomic mass is 16.2. The highest BCUT2D eigenvalue weighted by Gasteiger charge is 2.52. The third-order valence-electron chi connectivity index (χ3n) is 4.18. The Morgan fingerprint density at radius 3 is 2.05 bits per heavy atom. The molecule has 1 saturated heterocycles. The van der Waals surface area contributed by atoms with E-state index in [1.807, 2.05) is 39.5 Å². The number of nitrogens with one attached hydrogen (secondary N) is 1. The summed E-state index contributed by atoms with van der Waals surface area (Å²) in [5.74, 6) is 0.415. The van der Waals surface area contributed by atoms with Gasteiger partial charge in [0, 0.05) is 6.54 Å². The summed E-state index contributed by atoms with van der Waals surface area (Å²) in [5, 5.41) is 3.01. The maximum Gasteiger partial charge on any atom is 0.249 e. The Labute approximate surface area is 123 Å². The van der Waals surface area contributed by atoms with Crippen molar-refractivity contribution in [3.8, 4) is 0 Å². The van der Waals surface area contributed by atoms with Crippen LogP contribution in [0, 0.1) is 11.3 Å². The van der Waals surface area contributed by atoms with E-state index < -0.39 is 5.54 Å². The molecule has 1 heterocycles. The normalized spacial score (nSPS) is 23.2. The molecule has 0 spiro atoms. The first kappa shape index (κ1) is 17.0. The predicted molar refractivity (Wildman–Crippen MR) is 81.2 cm³/mol. The smallest absolute Gasteiger partial charge is 0.249 e. The fourth-order valence-corrected chi connectivity index (χ4v) is 3.06. The largest absolute Gasteiger partial charge is 0.340 e. The molecule has 0 aromatic carbocycles. The van der Waals surface area contributed by atoms with Crippen LogP contribution in [0.25, 0.3) is 0 Å². The van der Waals surface area contributed by atoms with Gasteiger partial charge in [-0.25, -0.2) is 0 Å².